The number of hydrogen-bond acceptors (Lipinski definition) is 3. The van der Waals surface area contributed by atoms with Gasteiger partial charge in [-0.2, -0.15) is 0 Å². The molecule has 0 spiro atoms. The lowest BCUT2D eigenvalue weighted by molar-refractivity contribution is -0.116. The molecule has 35 heavy (non-hydrogen) atoms. The summed E-state index contributed by atoms with van der Waals surface area (Å²) in [6, 6.07) is 32.3. The molecule has 2 amide bonds. The summed E-state index contributed by atoms with van der Waals surface area (Å²) in [4.78, 5) is 26.7. The summed E-state index contributed by atoms with van der Waals surface area (Å²) in [6.45, 7) is 1.92. The fraction of sp³-hybridized carbons (Fsp3) is 0.103. The second kappa shape index (κ2) is 11.7. The van der Waals surface area contributed by atoms with E-state index in [9.17, 15) is 9.59 Å². The van der Waals surface area contributed by atoms with Gasteiger partial charge in [0.05, 0.1) is 6.42 Å². The second-order valence-corrected chi connectivity index (χ2v) is 9.69. The third kappa shape index (κ3) is 6.98. The second-order valence-electron chi connectivity index (χ2n) is 8.10. The van der Waals surface area contributed by atoms with E-state index in [-0.39, 0.29) is 11.8 Å². The average Bonchev–Trinajstić information content (AvgIpc) is 2.86. The van der Waals surface area contributed by atoms with Gasteiger partial charge >= 0.3 is 0 Å². The molecular formula is C29H25ClN2O2S. The smallest absolute Gasteiger partial charge is 0.242 e. The molecule has 1 unspecified atom stereocenters. The van der Waals surface area contributed by atoms with E-state index in [0.29, 0.717) is 22.8 Å². The van der Waals surface area contributed by atoms with Gasteiger partial charge in [-0.3, -0.25) is 9.59 Å². The number of aryl methyl sites for hydroxylation is 1. The molecule has 0 aliphatic rings. The molecule has 4 nitrogen and oxygen atoms in total. The van der Waals surface area contributed by atoms with Crippen molar-refractivity contribution >= 4 is 46.6 Å². The van der Waals surface area contributed by atoms with Crippen LogP contribution in [-0.2, 0) is 16.0 Å². The molecule has 0 saturated carbocycles. The Kier molecular flexibility index (Phi) is 8.24. The number of amides is 2. The van der Waals surface area contributed by atoms with Crippen LogP contribution in [0, 0.1) is 6.92 Å². The molecule has 2 N–H and O–H groups in total. The maximum Gasteiger partial charge on any atom is 0.242 e. The average molecular weight is 501 g/mol. The van der Waals surface area contributed by atoms with Crippen LogP contribution in [0.15, 0.2) is 108 Å². The van der Waals surface area contributed by atoms with E-state index in [1.807, 2.05) is 104 Å². The van der Waals surface area contributed by atoms with Crippen molar-refractivity contribution in [2.24, 2.45) is 0 Å². The predicted octanol–water partition coefficient (Wildman–Crippen LogP) is 7.30. The van der Waals surface area contributed by atoms with Crippen molar-refractivity contribution in [3.63, 3.8) is 0 Å². The van der Waals surface area contributed by atoms with Crippen molar-refractivity contribution in [2.75, 3.05) is 10.6 Å². The van der Waals surface area contributed by atoms with E-state index < -0.39 is 5.25 Å². The predicted molar refractivity (Wildman–Crippen MR) is 145 cm³/mol. The highest BCUT2D eigenvalue weighted by atomic mass is 35.5. The number of benzene rings is 4. The maximum atomic E-state index is 13.3. The van der Waals surface area contributed by atoms with Crippen molar-refractivity contribution in [1.82, 2.24) is 0 Å². The van der Waals surface area contributed by atoms with E-state index in [1.165, 1.54) is 11.8 Å². The third-order valence-electron chi connectivity index (χ3n) is 5.36. The zero-order valence-electron chi connectivity index (χ0n) is 19.2. The molecule has 176 valence electrons. The SMILES string of the molecule is Cc1ccc(NC(=O)C(Sc2cccc(NC(=O)Cc3ccccc3)c2)c2ccccc2)cc1Cl. The van der Waals surface area contributed by atoms with Gasteiger partial charge < -0.3 is 10.6 Å². The van der Waals surface area contributed by atoms with Gasteiger partial charge in [0.1, 0.15) is 5.25 Å². The molecule has 0 fully saturated rings. The number of rotatable bonds is 8. The lowest BCUT2D eigenvalue weighted by atomic mass is 10.1. The Bertz CT molecular complexity index is 1310. The fourth-order valence-electron chi connectivity index (χ4n) is 3.55. The zero-order valence-corrected chi connectivity index (χ0v) is 20.8. The van der Waals surface area contributed by atoms with Crippen molar-refractivity contribution < 1.29 is 9.59 Å². The number of carbonyl (C=O) groups excluding carboxylic acids is 2. The van der Waals surface area contributed by atoms with Crippen molar-refractivity contribution in [1.29, 1.82) is 0 Å². The molecule has 4 aromatic carbocycles. The van der Waals surface area contributed by atoms with Crippen molar-refractivity contribution in [3.8, 4) is 0 Å². The summed E-state index contributed by atoms with van der Waals surface area (Å²) in [5.41, 5.74) is 4.12. The Balaban J connectivity index is 1.50. The summed E-state index contributed by atoms with van der Waals surface area (Å²) in [5, 5.41) is 6.05. The minimum Gasteiger partial charge on any atom is -0.326 e. The van der Waals surface area contributed by atoms with Gasteiger partial charge in [0, 0.05) is 21.3 Å². The van der Waals surface area contributed by atoms with Crippen LogP contribution in [-0.4, -0.2) is 11.8 Å². The highest BCUT2D eigenvalue weighted by Gasteiger charge is 2.22. The van der Waals surface area contributed by atoms with Crippen LogP contribution in [0.1, 0.15) is 21.9 Å². The zero-order chi connectivity index (χ0) is 24.6. The summed E-state index contributed by atoms with van der Waals surface area (Å²) in [6.07, 6.45) is 0.298. The number of anilines is 2. The van der Waals surface area contributed by atoms with Gasteiger partial charge in [-0.25, -0.2) is 0 Å². The molecule has 0 saturated heterocycles. The monoisotopic (exact) mass is 500 g/mol. The van der Waals surface area contributed by atoms with Gasteiger partial charge in [0.15, 0.2) is 0 Å². The summed E-state index contributed by atoms with van der Waals surface area (Å²) in [7, 11) is 0. The first kappa shape index (κ1) is 24.6. The van der Waals surface area contributed by atoms with Crippen molar-refractivity contribution in [2.45, 2.75) is 23.5 Å². The van der Waals surface area contributed by atoms with Gasteiger partial charge in [-0.05, 0) is 53.9 Å². The van der Waals surface area contributed by atoms with Crippen molar-refractivity contribution in [3.05, 3.63) is 125 Å². The molecule has 4 aromatic rings. The number of nitrogens with one attached hydrogen (secondary N) is 2. The van der Waals surface area contributed by atoms with E-state index >= 15 is 0 Å². The molecule has 0 aromatic heterocycles. The van der Waals surface area contributed by atoms with E-state index in [1.54, 1.807) is 6.07 Å². The maximum absolute atomic E-state index is 13.3. The van der Waals surface area contributed by atoms with E-state index in [2.05, 4.69) is 10.6 Å². The standard InChI is InChI=1S/C29H25ClN2O2S/c1-20-15-16-24(19-26(20)30)32-29(34)28(22-11-6-3-7-12-22)35-25-14-8-13-23(18-25)31-27(33)17-21-9-4-2-5-10-21/h2-16,18-19,28H,17H2,1H3,(H,31,33)(H,32,34). The minimum absolute atomic E-state index is 0.0908. The lowest BCUT2D eigenvalue weighted by Gasteiger charge is -2.18. The Labute approximate surface area is 214 Å². The number of halogens is 1. The minimum atomic E-state index is -0.494. The van der Waals surface area contributed by atoms with E-state index in [4.69, 9.17) is 11.6 Å². The largest absolute Gasteiger partial charge is 0.326 e. The molecule has 0 heterocycles. The molecule has 0 aliphatic carbocycles. The van der Waals surface area contributed by atoms with Crippen LogP contribution in [0.3, 0.4) is 0 Å². The van der Waals surface area contributed by atoms with Crippen LogP contribution < -0.4 is 10.6 Å². The highest BCUT2D eigenvalue weighted by molar-refractivity contribution is 8.00. The molecule has 4 rings (SSSR count). The van der Waals surface area contributed by atoms with Crippen LogP contribution in [0.4, 0.5) is 11.4 Å². The summed E-state index contributed by atoms with van der Waals surface area (Å²) < 4.78 is 0. The summed E-state index contributed by atoms with van der Waals surface area (Å²) >= 11 is 7.67. The van der Waals surface area contributed by atoms with Crippen LogP contribution in [0.25, 0.3) is 0 Å². The van der Waals surface area contributed by atoms with Gasteiger partial charge in [-0.1, -0.05) is 84.4 Å². The first-order valence-electron chi connectivity index (χ1n) is 11.2. The van der Waals surface area contributed by atoms with E-state index in [0.717, 1.165) is 21.6 Å². The summed E-state index contributed by atoms with van der Waals surface area (Å²) in [5.74, 6) is -0.244. The molecule has 1 atom stereocenters. The van der Waals surface area contributed by atoms with Crippen LogP contribution >= 0.6 is 23.4 Å². The van der Waals surface area contributed by atoms with Crippen LogP contribution in [0.2, 0.25) is 5.02 Å². The molecule has 6 heteroatoms. The molecule has 0 radical (unpaired) electrons. The molecular weight excluding hydrogens is 476 g/mol. The van der Waals surface area contributed by atoms with Crippen LogP contribution in [0.5, 0.6) is 0 Å². The quantitative estimate of drug-likeness (QED) is 0.249. The topological polar surface area (TPSA) is 58.2 Å². The normalized spacial score (nSPS) is 11.5. The Morgan fingerprint density at radius 1 is 0.800 bits per heavy atom. The van der Waals surface area contributed by atoms with Gasteiger partial charge in [-0.15, -0.1) is 11.8 Å². The fourth-order valence-corrected chi connectivity index (χ4v) is 4.81. The number of thioether (sulfide) groups is 1. The first-order valence-corrected chi connectivity index (χ1v) is 12.5. The third-order valence-corrected chi connectivity index (χ3v) is 7.01. The molecule has 0 aliphatic heterocycles. The Morgan fingerprint density at radius 2 is 1.49 bits per heavy atom. The Morgan fingerprint density at radius 3 is 2.20 bits per heavy atom. The van der Waals surface area contributed by atoms with Gasteiger partial charge in [0.25, 0.3) is 0 Å². The van der Waals surface area contributed by atoms with Gasteiger partial charge in [0.2, 0.25) is 11.8 Å². The Hall–Kier alpha value is -3.54. The first-order chi connectivity index (χ1) is 17.0. The lowest BCUT2D eigenvalue weighted by Crippen LogP contribution is -2.19. The number of carbonyl (C=O) groups is 2. The highest BCUT2D eigenvalue weighted by Crippen LogP contribution is 2.37. The number of hydrogen-bond donors (Lipinski definition) is 2. The molecule has 0 bridgehead atoms.